The highest BCUT2D eigenvalue weighted by Gasteiger charge is 2.63. The lowest BCUT2D eigenvalue weighted by Gasteiger charge is -2.50. The lowest BCUT2D eigenvalue weighted by Crippen LogP contribution is -2.63. The zero-order valence-electron chi connectivity index (χ0n) is 17.1. The topological polar surface area (TPSA) is 161 Å². The van der Waals surface area contributed by atoms with E-state index < -0.39 is 69.6 Å². The molecule has 9 nitrogen and oxygen atoms in total. The summed E-state index contributed by atoms with van der Waals surface area (Å²) in [5.74, 6) is -8.20. The SMILES string of the molecule is CN(C)C1C(O)=C(C(N)=O)C(=O)C2(O)C(O)=C3C(=O)c4c(O)cc(F)cc4CC3CC12.Cl. The van der Waals surface area contributed by atoms with Gasteiger partial charge in [0, 0.05) is 17.6 Å². The molecule has 0 bridgehead atoms. The molecule has 4 atom stereocenters. The Morgan fingerprint density at radius 1 is 1.22 bits per heavy atom. The van der Waals surface area contributed by atoms with Gasteiger partial charge < -0.3 is 26.2 Å². The molecule has 1 aromatic carbocycles. The van der Waals surface area contributed by atoms with Crippen LogP contribution >= 0.6 is 12.4 Å². The van der Waals surface area contributed by atoms with Crippen LogP contribution in [0.25, 0.3) is 0 Å². The molecule has 0 aromatic heterocycles. The number of aliphatic hydroxyl groups excluding tert-OH is 2. The van der Waals surface area contributed by atoms with Gasteiger partial charge in [-0.1, -0.05) is 0 Å². The average molecular weight is 469 g/mol. The minimum Gasteiger partial charge on any atom is -0.510 e. The number of primary amides is 1. The van der Waals surface area contributed by atoms with Gasteiger partial charge in [-0.3, -0.25) is 19.3 Å². The molecule has 11 heteroatoms. The Morgan fingerprint density at radius 2 is 1.84 bits per heavy atom. The molecule has 1 aromatic rings. The van der Waals surface area contributed by atoms with Gasteiger partial charge in [0.05, 0.1) is 11.6 Å². The van der Waals surface area contributed by atoms with Crippen LogP contribution in [-0.2, 0) is 16.0 Å². The summed E-state index contributed by atoms with van der Waals surface area (Å²) in [4.78, 5) is 39.5. The van der Waals surface area contributed by atoms with Crippen LogP contribution in [0.15, 0.2) is 34.8 Å². The normalized spacial score (nSPS) is 29.3. The molecule has 0 fully saturated rings. The third-order valence-corrected chi connectivity index (χ3v) is 6.49. The first-order valence-electron chi connectivity index (χ1n) is 9.57. The number of amides is 1. The number of halogens is 2. The summed E-state index contributed by atoms with van der Waals surface area (Å²) in [6.45, 7) is 0. The van der Waals surface area contributed by atoms with Crippen LogP contribution in [0.4, 0.5) is 4.39 Å². The first-order chi connectivity index (χ1) is 14.4. The maximum Gasteiger partial charge on any atom is 0.255 e. The van der Waals surface area contributed by atoms with Crippen molar-refractivity contribution in [2.75, 3.05) is 14.1 Å². The molecule has 0 saturated heterocycles. The molecule has 3 aliphatic rings. The van der Waals surface area contributed by atoms with Crippen LogP contribution in [0.3, 0.4) is 0 Å². The number of allylic oxidation sites excluding steroid dienone is 1. The smallest absolute Gasteiger partial charge is 0.255 e. The molecule has 0 radical (unpaired) electrons. The monoisotopic (exact) mass is 468 g/mol. The number of nitrogens with two attached hydrogens (primary N) is 1. The number of ketones is 2. The Labute approximate surface area is 188 Å². The van der Waals surface area contributed by atoms with Gasteiger partial charge in [-0.2, -0.15) is 0 Å². The molecule has 32 heavy (non-hydrogen) atoms. The molecular formula is C21H22ClFN2O7. The fraction of sp³-hybridized carbons (Fsp3) is 0.381. The Balaban J connectivity index is 0.00000289. The number of aliphatic hydroxyl groups is 3. The van der Waals surface area contributed by atoms with E-state index in [1.807, 2.05) is 0 Å². The molecule has 4 unspecified atom stereocenters. The predicted molar refractivity (Wildman–Crippen MR) is 111 cm³/mol. The average Bonchev–Trinajstić information content (AvgIpc) is 2.63. The maximum absolute atomic E-state index is 13.8. The fourth-order valence-electron chi connectivity index (χ4n) is 5.24. The summed E-state index contributed by atoms with van der Waals surface area (Å²) in [6.07, 6.45) is 0.0168. The van der Waals surface area contributed by atoms with E-state index in [0.29, 0.717) is 0 Å². The van der Waals surface area contributed by atoms with E-state index in [1.54, 1.807) is 14.1 Å². The van der Waals surface area contributed by atoms with Crippen molar-refractivity contribution in [2.45, 2.75) is 24.5 Å². The zero-order chi connectivity index (χ0) is 23.0. The van der Waals surface area contributed by atoms with Gasteiger partial charge in [-0.15, -0.1) is 12.4 Å². The van der Waals surface area contributed by atoms with E-state index >= 15 is 0 Å². The van der Waals surface area contributed by atoms with Crippen LogP contribution in [0.2, 0.25) is 0 Å². The van der Waals surface area contributed by atoms with Crippen molar-refractivity contribution < 1.29 is 39.2 Å². The second-order valence-corrected chi connectivity index (χ2v) is 8.42. The molecule has 6 N–H and O–H groups in total. The highest BCUT2D eigenvalue weighted by atomic mass is 35.5. The zero-order valence-corrected chi connectivity index (χ0v) is 17.9. The van der Waals surface area contributed by atoms with Crippen molar-refractivity contribution in [3.05, 3.63) is 51.7 Å². The van der Waals surface area contributed by atoms with Gasteiger partial charge in [-0.25, -0.2) is 4.39 Å². The second kappa shape index (κ2) is 7.58. The highest BCUT2D eigenvalue weighted by Crippen LogP contribution is 2.52. The summed E-state index contributed by atoms with van der Waals surface area (Å²) in [5, 5.41) is 43.1. The van der Waals surface area contributed by atoms with E-state index in [-0.39, 0.29) is 41.9 Å². The Hall–Kier alpha value is -2.95. The van der Waals surface area contributed by atoms with E-state index in [0.717, 1.165) is 12.1 Å². The van der Waals surface area contributed by atoms with Crippen LogP contribution in [0.1, 0.15) is 22.3 Å². The molecule has 0 aliphatic heterocycles. The van der Waals surface area contributed by atoms with E-state index in [4.69, 9.17) is 5.73 Å². The van der Waals surface area contributed by atoms with Crippen molar-refractivity contribution >= 4 is 29.9 Å². The van der Waals surface area contributed by atoms with Crippen molar-refractivity contribution in [1.82, 2.24) is 4.90 Å². The number of phenols is 1. The minimum absolute atomic E-state index is 0. The largest absolute Gasteiger partial charge is 0.510 e. The van der Waals surface area contributed by atoms with Crippen molar-refractivity contribution in [2.24, 2.45) is 17.6 Å². The Kier molecular flexibility index (Phi) is 5.61. The number of hydrogen-bond acceptors (Lipinski definition) is 8. The number of carbonyl (C=O) groups is 3. The molecule has 4 rings (SSSR count). The van der Waals surface area contributed by atoms with Crippen molar-refractivity contribution in [1.29, 1.82) is 0 Å². The lowest BCUT2D eigenvalue weighted by molar-refractivity contribution is -0.148. The molecule has 0 saturated carbocycles. The first kappa shape index (κ1) is 23.7. The van der Waals surface area contributed by atoms with Gasteiger partial charge in [-0.05, 0) is 44.5 Å². The fourth-order valence-corrected chi connectivity index (χ4v) is 5.24. The quantitative estimate of drug-likeness (QED) is 0.396. The maximum atomic E-state index is 13.8. The number of nitrogens with zero attached hydrogens (tertiary/aromatic N) is 1. The van der Waals surface area contributed by atoms with E-state index in [2.05, 4.69) is 0 Å². The number of Topliss-reactive ketones (excluding diaryl/α,β-unsaturated/α-hetero) is 2. The van der Waals surface area contributed by atoms with Crippen LogP contribution in [0.5, 0.6) is 5.75 Å². The number of carbonyl (C=O) groups excluding carboxylic acids is 3. The van der Waals surface area contributed by atoms with Crippen LogP contribution in [0, 0.1) is 17.7 Å². The number of likely N-dealkylation sites (N-methyl/N-ethyl adjacent to an activating group) is 1. The van der Waals surface area contributed by atoms with Gasteiger partial charge in [0.25, 0.3) is 5.91 Å². The number of benzene rings is 1. The molecule has 3 aliphatic carbocycles. The minimum atomic E-state index is -2.68. The summed E-state index contributed by atoms with van der Waals surface area (Å²) in [6, 6.07) is 0.806. The highest BCUT2D eigenvalue weighted by molar-refractivity contribution is 6.24. The van der Waals surface area contributed by atoms with Gasteiger partial charge >= 0.3 is 0 Å². The standard InChI is InChI=1S/C21H21FN2O7.ClH/c1-24(2)15-10-5-8-3-7-4-9(22)6-11(25)12(7)16(26)13(8)18(28)21(10,31)19(29)14(17(15)27)20(23)30;/h4,6,8,10,15,25,27-28,31H,3,5H2,1-2H3,(H2,23,30);1H. The third-order valence-electron chi connectivity index (χ3n) is 6.49. The van der Waals surface area contributed by atoms with Crippen LogP contribution in [-0.4, -0.2) is 68.5 Å². The second-order valence-electron chi connectivity index (χ2n) is 8.42. The number of rotatable bonds is 2. The summed E-state index contributed by atoms with van der Waals surface area (Å²) < 4.78 is 13.8. The van der Waals surface area contributed by atoms with Crippen molar-refractivity contribution in [3.63, 3.8) is 0 Å². The number of hydrogen-bond donors (Lipinski definition) is 5. The summed E-state index contributed by atoms with van der Waals surface area (Å²) >= 11 is 0. The first-order valence-corrected chi connectivity index (χ1v) is 9.57. The van der Waals surface area contributed by atoms with E-state index in [1.165, 1.54) is 4.90 Å². The van der Waals surface area contributed by atoms with E-state index in [9.17, 15) is 39.2 Å². The summed E-state index contributed by atoms with van der Waals surface area (Å²) in [7, 11) is 3.08. The van der Waals surface area contributed by atoms with Crippen molar-refractivity contribution in [3.8, 4) is 5.75 Å². The number of phenolic OH excluding ortho intramolecular Hbond substituents is 1. The molecular weight excluding hydrogens is 447 g/mol. The molecule has 172 valence electrons. The number of aromatic hydroxyl groups is 1. The Morgan fingerprint density at radius 3 is 2.41 bits per heavy atom. The predicted octanol–water partition coefficient (Wildman–Crippen LogP) is 0.682. The van der Waals surface area contributed by atoms with Gasteiger partial charge in [0.15, 0.2) is 11.4 Å². The molecule has 0 heterocycles. The Bertz CT molecular complexity index is 1130. The van der Waals surface area contributed by atoms with Crippen LogP contribution < -0.4 is 5.73 Å². The third kappa shape index (κ3) is 2.94. The van der Waals surface area contributed by atoms with Gasteiger partial charge in [0.2, 0.25) is 5.78 Å². The molecule has 1 amide bonds. The van der Waals surface area contributed by atoms with Gasteiger partial charge in [0.1, 0.15) is 28.7 Å². The summed E-state index contributed by atoms with van der Waals surface area (Å²) in [5.41, 5.74) is 1.45. The lowest BCUT2D eigenvalue weighted by atomic mass is 9.58. The number of fused-ring (bicyclic) bond motifs is 3. The molecule has 0 spiro atoms.